The molecule has 1 atom stereocenters. The van der Waals surface area contributed by atoms with E-state index in [4.69, 9.17) is 5.11 Å². The Bertz CT molecular complexity index is 498. The van der Waals surface area contributed by atoms with Crippen LogP contribution in [0.25, 0.3) is 0 Å². The van der Waals surface area contributed by atoms with Gasteiger partial charge in [0.1, 0.15) is 11.9 Å². The van der Waals surface area contributed by atoms with E-state index >= 15 is 0 Å². The second-order valence-corrected chi connectivity index (χ2v) is 4.07. The van der Waals surface area contributed by atoms with Gasteiger partial charge in [-0.2, -0.15) is 13.2 Å². The minimum absolute atomic E-state index is 0.176. The van der Waals surface area contributed by atoms with Crippen molar-refractivity contribution < 1.29 is 32.3 Å². The van der Waals surface area contributed by atoms with Gasteiger partial charge in [0.2, 0.25) is 0 Å². The van der Waals surface area contributed by atoms with Gasteiger partial charge in [0.25, 0.3) is 0 Å². The van der Waals surface area contributed by atoms with Crippen LogP contribution in [0.15, 0.2) is 24.3 Å². The van der Waals surface area contributed by atoms with Crippen LogP contribution in [0.3, 0.4) is 0 Å². The predicted octanol–water partition coefficient (Wildman–Crippen LogP) is 2.19. The maximum Gasteiger partial charge on any atom is 0.471 e. The van der Waals surface area contributed by atoms with Crippen molar-refractivity contribution in [3.05, 3.63) is 35.6 Å². The van der Waals surface area contributed by atoms with Gasteiger partial charge in [0, 0.05) is 6.54 Å². The van der Waals surface area contributed by atoms with E-state index < -0.39 is 36.5 Å². The zero-order valence-corrected chi connectivity index (χ0v) is 10.3. The fraction of sp³-hybridized carbons (Fsp3) is 0.333. The smallest absolute Gasteiger partial charge is 0.471 e. The number of carboxylic acid groups (broad SMARTS) is 1. The summed E-state index contributed by atoms with van der Waals surface area (Å²) in [5.41, 5.74) is 0.192. The molecule has 0 aliphatic carbocycles. The number of hydrogen-bond donors (Lipinski definition) is 1. The standard InChI is InChI=1S/C12H11F4NO3/c1-7(10(18)19)17(11(20)12(14,15)16)6-8-2-4-9(13)5-3-8/h2-5,7H,6H2,1H3,(H,18,19). The highest BCUT2D eigenvalue weighted by molar-refractivity contribution is 5.86. The van der Waals surface area contributed by atoms with Crippen LogP contribution in [0.4, 0.5) is 17.6 Å². The van der Waals surface area contributed by atoms with Gasteiger partial charge in [-0.1, -0.05) is 12.1 Å². The van der Waals surface area contributed by atoms with Crippen molar-refractivity contribution in [1.82, 2.24) is 4.90 Å². The molecule has 0 aromatic heterocycles. The number of benzene rings is 1. The Morgan fingerprint density at radius 2 is 1.75 bits per heavy atom. The van der Waals surface area contributed by atoms with Crippen molar-refractivity contribution >= 4 is 11.9 Å². The van der Waals surface area contributed by atoms with E-state index in [2.05, 4.69) is 0 Å². The third-order valence-electron chi connectivity index (χ3n) is 2.59. The highest BCUT2D eigenvalue weighted by Gasteiger charge is 2.45. The van der Waals surface area contributed by atoms with Crippen LogP contribution >= 0.6 is 0 Å². The van der Waals surface area contributed by atoms with Crippen LogP contribution in [-0.2, 0) is 16.1 Å². The normalized spacial score (nSPS) is 12.8. The molecule has 1 N–H and O–H groups in total. The number of rotatable bonds is 4. The second kappa shape index (κ2) is 5.89. The molecule has 0 aliphatic rings. The first-order valence-electron chi connectivity index (χ1n) is 5.48. The average Bonchev–Trinajstić information content (AvgIpc) is 2.35. The zero-order chi connectivity index (χ0) is 15.5. The van der Waals surface area contributed by atoms with Gasteiger partial charge < -0.3 is 10.0 Å². The summed E-state index contributed by atoms with van der Waals surface area (Å²) in [5, 5.41) is 8.77. The molecular formula is C12H11F4NO3. The molecule has 0 heterocycles. The van der Waals surface area contributed by atoms with Crippen molar-refractivity contribution in [2.24, 2.45) is 0 Å². The number of nitrogens with zero attached hydrogens (tertiary/aromatic N) is 1. The summed E-state index contributed by atoms with van der Waals surface area (Å²) >= 11 is 0. The van der Waals surface area contributed by atoms with E-state index in [0.717, 1.165) is 19.1 Å². The number of carbonyl (C=O) groups excluding carboxylic acids is 1. The molecule has 0 saturated carbocycles. The highest BCUT2D eigenvalue weighted by atomic mass is 19.4. The Kier molecular flexibility index (Phi) is 4.69. The topological polar surface area (TPSA) is 57.6 Å². The van der Waals surface area contributed by atoms with Crippen molar-refractivity contribution in [3.63, 3.8) is 0 Å². The molecule has 20 heavy (non-hydrogen) atoms. The largest absolute Gasteiger partial charge is 0.480 e. The molecule has 1 rings (SSSR count). The van der Waals surface area contributed by atoms with Crippen LogP contribution in [0.5, 0.6) is 0 Å². The van der Waals surface area contributed by atoms with Crippen LogP contribution in [-0.4, -0.2) is 34.1 Å². The summed E-state index contributed by atoms with van der Waals surface area (Å²) in [5.74, 6) is -4.41. The van der Waals surface area contributed by atoms with Crippen LogP contribution in [0.2, 0.25) is 0 Å². The summed E-state index contributed by atoms with van der Waals surface area (Å²) in [6.07, 6.45) is -5.18. The van der Waals surface area contributed by atoms with Gasteiger partial charge in [-0.05, 0) is 24.6 Å². The SMILES string of the molecule is CC(C(=O)O)N(Cc1ccc(F)cc1)C(=O)C(F)(F)F. The molecule has 110 valence electrons. The fourth-order valence-corrected chi connectivity index (χ4v) is 1.47. The number of amides is 1. The van der Waals surface area contributed by atoms with Crippen LogP contribution in [0.1, 0.15) is 12.5 Å². The lowest BCUT2D eigenvalue weighted by molar-refractivity contribution is -0.190. The molecule has 1 unspecified atom stereocenters. The van der Waals surface area contributed by atoms with E-state index in [9.17, 15) is 27.2 Å². The van der Waals surface area contributed by atoms with Crippen molar-refractivity contribution in [3.8, 4) is 0 Å². The maximum absolute atomic E-state index is 12.7. The Morgan fingerprint density at radius 1 is 1.25 bits per heavy atom. The molecule has 8 heteroatoms. The number of aliphatic carboxylic acids is 1. The molecule has 0 radical (unpaired) electrons. The maximum atomic E-state index is 12.7. The number of carbonyl (C=O) groups is 2. The molecule has 4 nitrogen and oxygen atoms in total. The first-order valence-corrected chi connectivity index (χ1v) is 5.48. The molecular weight excluding hydrogens is 282 g/mol. The summed E-state index contributed by atoms with van der Waals surface area (Å²) in [4.78, 5) is 22.2. The Balaban J connectivity index is 3.02. The summed E-state index contributed by atoms with van der Waals surface area (Å²) in [6, 6.07) is 2.73. The molecule has 1 aromatic rings. The van der Waals surface area contributed by atoms with E-state index in [1.54, 1.807) is 0 Å². The highest BCUT2D eigenvalue weighted by Crippen LogP contribution is 2.22. The summed E-state index contributed by atoms with van der Waals surface area (Å²) in [7, 11) is 0. The Hall–Kier alpha value is -2.12. The number of carboxylic acids is 1. The number of alkyl halides is 3. The number of hydrogen-bond acceptors (Lipinski definition) is 2. The van der Waals surface area contributed by atoms with E-state index in [1.165, 1.54) is 12.1 Å². The van der Waals surface area contributed by atoms with Gasteiger partial charge in [-0.3, -0.25) is 4.79 Å². The first kappa shape index (κ1) is 15.9. The quantitative estimate of drug-likeness (QED) is 0.866. The van der Waals surface area contributed by atoms with Crippen molar-refractivity contribution in [2.45, 2.75) is 25.7 Å². The van der Waals surface area contributed by atoms with Crippen LogP contribution < -0.4 is 0 Å². The molecule has 0 saturated heterocycles. The minimum atomic E-state index is -5.18. The van der Waals surface area contributed by atoms with Gasteiger partial charge in [-0.25, -0.2) is 9.18 Å². The van der Waals surface area contributed by atoms with Gasteiger partial charge in [-0.15, -0.1) is 0 Å². The molecule has 1 aromatic carbocycles. The van der Waals surface area contributed by atoms with Gasteiger partial charge >= 0.3 is 18.1 Å². The monoisotopic (exact) mass is 293 g/mol. The molecule has 0 bridgehead atoms. The number of halogens is 4. The van der Waals surface area contributed by atoms with Crippen molar-refractivity contribution in [2.75, 3.05) is 0 Å². The Labute approximate surface area is 111 Å². The lowest BCUT2D eigenvalue weighted by atomic mass is 10.1. The average molecular weight is 293 g/mol. The first-order chi connectivity index (χ1) is 9.12. The van der Waals surface area contributed by atoms with Gasteiger partial charge in [0.05, 0.1) is 0 Å². The predicted molar refractivity (Wildman–Crippen MR) is 60.1 cm³/mol. The van der Waals surface area contributed by atoms with E-state index in [0.29, 0.717) is 0 Å². The molecule has 0 spiro atoms. The molecule has 1 amide bonds. The summed E-state index contributed by atoms with van der Waals surface area (Å²) < 4.78 is 50.0. The van der Waals surface area contributed by atoms with Gasteiger partial charge in [0.15, 0.2) is 0 Å². The lowest BCUT2D eigenvalue weighted by Crippen LogP contribution is -2.48. The minimum Gasteiger partial charge on any atom is -0.480 e. The summed E-state index contributed by atoms with van der Waals surface area (Å²) in [6.45, 7) is 0.390. The van der Waals surface area contributed by atoms with Crippen LogP contribution in [0, 0.1) is 5.82 Å². The lowest BCUT2D eigenvalue weighted by Gasteiger charge is -2.27. The third kappa shape index (κ3) is 3.94. The molecule has 0 fully saturated rings. The van der Waals surface area contributed by atoms with E-state index in [1.807, 2.05) is 0 Å². The van der Waals surface area contributed by atoms with Crippen molar-refractivity contribution in [1.29, 1.82) is 0 Å². The third-order valence-corrected chi connectivity index (χ3v) is 2.59. The fourth-order valence-electron chi connectivity index (χ4n) is 1.47. The zero-order valence-electron chi connectivity index (χ0n) is 10.3. The molecule has 0 aliphatic heterocycles. The van der Waals surface area contributed by atoms with E-state index in [-0.39, 0.29) is 10.5 Å². The second-order valence-electron chi connectivity index (χ2n) is 4.07. The Morgan fingerprint density at radius 3 is 2.15 bits per heavy atom.